The summed E-state index contributed by atoms with van der Waals surface area (Å²) in [6.45, 7) is 6.80. The summed E-state index contributed by atoms with van der Waals surface area (Å²) >= 11 is 3.60. The van der Waals surface area contributed by atoms with Crippen LogP contribution in [0.5, 0.6) is 5.75 Å². The number of ether oxygens (including phenoxy) is 1. The molecular weight excluding hydrogens is 316 g/mol. The summed E-state index contributed by atoms with van der Waals surface area (Å²) in [5.41, 5.74) is 1.54. The van der Waals surface area contributed by atoms with Crippen molar-refractivity contribution in [3.05, 3.63) is 22.7 Å². The SMILES string of the molecule is COc1ccc(N2CC(C)(C3CC3)NCC2C)cc1Br. The van der Waals surface area contributed by atoms with Gasteiger partial charge in [-0.05, 0) is 66.7 Å². The fraction of sp³-hybridized carbons (Fsp3) is 0.625. The van der Waals surface area contributed by atoms with Gasteiger partial charge in [0.05, 0.1) is 11.6 Å². The molecule has 3 nitrogen and oxygen atoms in total. The first-order valence-corrected chi connectivity index (χ1v) is 8.18. The van der Waals surface area contributed by atoms with E-state index >= 15 is 0 Å². The lowest BCUT2D eigenvalue weighted by molar-refractivity contribution is 0.260. The molecule has 2 unspecified atom stereocenters. The quantitative estimate of drug-likeness (QED) is 0.913. The van der Waals surface area contributed by atoms with Gasteiger partial charge in [-0.3, -0.25) is 0 Å². The lowest BCUT2D eigenvalue weighted by atomic mass is 9.91. The molecule has 0 spiro atoms. The monoisotopic (exact) mass is 338 g/mol. The maximum Gasteiger partial charge on any atom is 0.133 e. The van der Waals surface area contributed by atoms with E-state index in [4.69, 9.17) is 4.74 Å². The molecule has 0 bridgehead atoms. The number of piperazine rings is 1. The number of halogens is 1. The van der Waals surface area contributed by atoms with Gasteiger partial charge in [0.2, 0.25) is 0 Å². The Morgan fingerprint density at radius 2 is 2.15 bits per heavy atom. The molecule has 0 amide bonds. The lowest BCUT2D eigenvalue weighted by Crippen LogP contribution is -2.63. The van der Waals surface area contributed by atoms with Crippen LogP contribution >= 0.6 is 15.9 Å². The molecule has 0 aromatic heterocycles. The molecule has 1 saturated carbocycles. The van der Waals surface area contributed by atoms with Crippen molar-refractivity contribution in [2.75, 3.05) is 25.1 Å². The smallest absolute Gasteiger partial charge is 0.133 e. The summed E-state index contributed by atoms with van der Waals surface area (Å²) < 4.78 is 6.35. The van der Waals surface area contributed by atoms with E-state index < -0.39 is 0 Å². The number of nitrogens with zero attached hydrogens (tertiary/aromatic N) is 1. The van der Waals surface area contributed by atoms with Gasteiger partial charge in [-0.25, -0.2) is 0 Å². The Morgan fingerprint density at radius 1 is 1.40 bits per heavy atom. The topological polar surface area (TPSA) is 24.5 Å². The molecule has 1 aromatic carbocycles. The largest absolute Gasteiger partial charge is 0.496 e. The minimum absolute atomic E-state index is 0.263. The third-order valence-corrected chi connectivity index (χ3v) is 5.40. The van der Waals surface area contributed by atoms with Crippen LogP contribution in [0.3, 0.4) is 0 Å². The highest BCUT2D eigenvalue weighted by atomic mass is 79.9. The summed E-state index contributed by atoms with van der Waals surface area (Å²) in [4.78, 5) is 2.53. The van der Waals surface area contributed by atoms with Crippen molar-refractivity contribution in [2.24, 2.45) is 5.92 Å². The molecule has 2 atom stereocenters. The predicted octanol–water partition coefficient (Wildman–Crippen LogP) is 3.42. The van der Waals surface area contributed by atoms with E-state index in [-0.39, 0.29) is 5.54 Å². The molecule has 2 aliphatic rings. The Bertz CT molecular complexity index is 503. The molecule has 1 aromatic rings. The van der Waals surface area contributed by atoms with Gasteiger partial charge >= 0.3 is 0 Å². The summed E-state index contributed by atoms with van der Waals surface area (Å²) in [5, 5.41) is 3.77. The van der Waals surface area contributed by atoms with Crippen molar-refractivity contribution >= 4 is 21.6 Å². The molecule has 1 aliphatic carbocycles. The van der Waals surface area contributed by atoms with E-state index in [1.54, 1.807) is 7.11 Å². The van der Waals surface area contributed by atoms with Gasteiger partial charge in [0.15, 0.2) is 0 Å². The van der Waals surface area contributed by atoms with Crippen LogP contribution in [0, 0.1) is 5.92 Å². The van der Waals surface area contributed by atoms with Gasteiger partial charge in [-0.1, -0.05) is 0 Å². The Morgan fingerprint density at radius 3 is 2.75 bits per heavy atom. The molecule has 4 heteroatoms. The first-order chi connectivity index (χ1) is 9.53. The van der Waals surface area contributed by atoms with E-state index in [0.29, 0.717) is 6.04 Å². The van der Waals surface area contributed by atoms with E-state index in [0.717, 1.165) is 29.2 Å². The molecule has 110 valence electrons. The third kappa shape index (κ3) is 2.56. The van der Waals surface area contributed by atoms with Crippen LogP contribution in [0.15, 0.2) is 22.7 Å². The lowest BCUT2D eigenvalue weighted by Gasteiger charge is -2.47. The fourth-order valence-corrected chi connectivity index (χ4v) is 3.76. The average Bonchev–Trinajstić information content (AvgIpc) is 3.26. The van der Waals surface area contributed by atoms with Crippen molar-refractivity contribution < 1.29 is 4.74 Å². The number of benzene rings is 1. The minimum Gasteiger partial charge on any atom is -0.496 e. The van der Waals surface area contributed by atoms with Gasteiger partial charge in [-0.2, -0.15) is 0 Å². The maximum absolute atomic E-state index is 5.33. The highest BCUT2D eigenvalue weighted by Gasteiger charge is 2.45. The van der Waals surface area contributed by atoms with E-state index in [1.807, 2.05) is 6.07 Å². The van der Waals surface area contributed by atoms with Crippen LogP contribution in [0.4, 0.5) is 5.69 Å². The second-order valence-electron chi connectivity index (χ2n) is 6.37. The van der Waals surface area contributed by atoms with Crippen LogP contribution in [-0.2, 0) is 0 Å². The zero-order chi connectivity index (χ0) is 14.3. The first kappa shape index (κ1) is 14.2. The summed E-state index contributed by atoms with van der Waals surface area (Å²) in [6, 6.07) is 6.90. The van der Waals surface area contributed by atoms with Gasteiger partial charge in [0.25, 0.3) is 0 Å². The van der Waals surface area contributed by atoms with Gasteiger partial charge in [0, 0.05) is 30.4 Å². The molecule has 1 N–H and O–H groups in total. The van der Waals surface area contributed by atoms with E-state index in [1.165, 1.54) is 18.5 Å². The molecule has 20 heavy (non-hydrogen) atoms. The van der Waals surface area contributed by atoms with Crippen molar-refractivity contribution in [2.45, 2.75) is 38.3 Å². The molecule has 1 saturated heterocycles. The third-order valence-electron chi connectivity index (χ3n) is 4.78. The molecule has 2 fully saturated rings. The Kier molecular flexibility index (Phi) is 3.71. The predicted molar refractivity (Wildman–Crippen MR) is 86.6 cm³/mol. The van der Waals surface area contributed by atoms with Gasteiger partial charge in [-0.15, -0.1) is 0 Å². The standard InChI is InChI=1S/C16H23BrN2O/c1-11-9-18-16(2,12-4-5-12)10-19(11)13-6-7-15(20-3)14(17)8-13/h6-8,11-12,18H,4-5,9-10H2,1-3H3. The van der Waals surface area contributed by atoms with Crippen molar-refractivity contribution in [1.82, 2.24) is 5.32 Å². The van der Waals surface area contributed by atoms with Gasteiger partial charge < -0.3 is 15.0 Å². The average molecular weight is 339 g/mol. The van der Waals surface area contributed by atoms with E-state index in [9.17, 15) is 0 Å². The molecular formula is C16H23BrN2O. The second-order valence-corrected chi connectivity index (χ2v) is 7.22. The Balaban J connectivity index is 1.85. The number of hydrogen-bond donors (Lipinski definition) is 1. The summed E-state index contributed by atoms with van der Waals surface area (Å²) in [7, 11) is 1.71. The maximum atomic E-state index is 5.33. The molecule has 0 radical (unpaired) electrons. The fourth-order valence-electron chi connectivity index (χ4n) is 3.23. The second kappa shape index (κ2) is 5.23. The minimum atomic E-state index is 0.263. The zero-order valence-electron chi connectivity index (χ0n) is 12.4. The van der Waals surface area contributed by atoms with Gasteiger partial charge in [0.1, 0.15) is 5.75 Å². The number of nitrogens with one attached hydrogen (secondary N) is 1. The van der Waals surface area contributed by atoms with Crippen molar-refractivity contribution in [3.8, 4) is 5.75 Å². The van der Waals surface area contributed by atoms with Crippen molar-refractivity contribution in [1.29, 1.82) is 0 Å². The highest BCUT2D eigenvalue weighted by molar-refractivity contribution is 9.10. The molecule has 1 aliphatic heterocycles. The van der Waals surface area contributed by atoms with Crippen LogP contribution in [0.1, 0.15) is 26.7 Å². The highest BCUT2D eigenvalue weighted by Crippen LogP contribution is 2.42. The number of anilines is 1. The van der Waals surface area contributed by atoms with Crippen LogP contribution in [-0.4, -0.2) is 31.8 Å². The first-order valence-electron chi connectivity index (χ1n) is 7.39. The van der Waals surface area contributed by atoms with Crippen LogP contribution < -0.4 is 15.0 Å². The summed E-state index contributed by atoms with van der Waals surface area (Å²) in [5.74, 6) is 1.74. The number of hydrogen-bond acceptors (Lipinski definition) is 3. The molecule has 3 rings (SSSR count). The Labute approximate surface area is 129 Å². The number of methoxy groups -OCH3 is 1. The van der Waals surface area contributed by atoms with E-state index in [2.05, 4.69) is 52.1 Å². The number of rotatable bonds is 3. The van der Waals surface area contributed by atoms with Crippen LogP contribution in [0.25, 0.3) is 0 Å². The summed E-state index contributed by atoms with van der Waals surface area (Å²) in [6.07, 6.45) is 2.75. The Hall–Kier alpha value is -0.740. The molecule has 1 heterocycles. The van der Waals surface area contributed by atoms with Crippen LogP contribution in [0.2, 0.25) is 0 Å². The van der Waals surface area contributed by atoms with Crippen molar-refractivity contribution in [3.63, 3.8) is 0 Å². The normalized spacial score (nSPS) is 30.4. The zero-order valence-corrected chi connectivity index (χ0v) is 14.0.